The predicted molar refractivity (Wildman–Crippen MR) is 256 cm³/mol. The summed E-state index contributed by atoms with van der Waals surface area (Å²) in [6.45, 7) is 0.581. The first-order valence-corrected chi connectivity index (χ1v) is 21.1. The minimum absolute atomic E-state index is 0.581. The van der Waals surface area contributed by atoms with Gasteiger partial charge in [0.2, 0.25) is 0 Å². The van der Waals surface area contributed by atoms with Gasteiger partial charge in [-0.05, 0) is 65.7 Å². The average Bonchev–Trinajstić information content (AvgIpc) is 4.14. The molecule has 4 aromatic heterocycles. The molecule has 0 saturated heterocycles. The van der Waals surface area contributed by atoms with Crippen molar-refractivity contribution in [3.8, 4) is 39.6 Å². The number of para-hydroxylation sites is 3. The van der Waals surface area contributed by atoms with Crippen molar-refractivity contribution < 1.29 is 13.6 Å². The van der Waals surface area contributed by atoms with E-state index in [1.54, 1.807) is 0 Å². The van der Waals surface area contributed by atoms with Gasteiger partial charge in [-0.15, -0.1) is 0 Å². The third kappa shape index (κ3) is 5.64. The maximum absolute atomic E-state index is 7.05. The van der Waals surface area contributed by atoms with Crippen molar-refractivity contribution in [3.05, 3.63) is 207 Å². The third-order valence-corrected chi connectivity index (χ3v) is 12.3. The van der Waals surface area contributed by atoms with Crippen LogP contribution < -0.4 is 14.5 Å². The van der Waals surface area contributed by atoms with Crippen molar-refractivity contribution in [2.45, 2.75) is 0 Å². The van der Waals surface area contributed by atoms with Gasteiger partial charge in [0.05, 0.1) is 28.8 Å². The Balaban J connectivity index is 0.976. The summed E-state index contributed by atoms with van der Waals surface area (Å²) in [5.41, 5.74) is 11.9. The van der Waals surface area contributed by atoms with Crippen molar-refractivity contribution in [2.75, 3.05) is 16.5 Å². The summed E-state index contributed by atoms with van der Waals surface area (Å²) < 4.78 is 22.5. The summed E-state index contributed by atoms with van der Waals surface area (Å²) in [6, 6.07) is 65.2. The fourth-order valence-electron chi connectivity index (χ4n) is 9.50. The number of benzene rings is 8. The molecule has 8 aromatic carbocycles. The molecule has 7 heteroatoms. The number of hydrogen-bond acceptors (Lipinski definition) is 6. The highest BCUT2D eigenvalue weighted by Crippen LogP contribution is 2.47. The number of hydrogen-bond donors (Lipinski definition) is 0. The molecule has 7 nitrogen and oxygen atoms in total. The van der Waals surface area contributed by atoms with Gasteiger partial charge in [0.1, 0.15) is 28.3 Å². The zero-order valence-electron chi connectivity index (χ0n) is 33.9. The molecule has 5 heterocycles. The van der Waals surface area contributed by atoms with Gasteiger partial charge in [-0.25, -0.2) is 4.98 Å². The summed E-state index contributed by atoms with van der Waals surface area (Å²) >= 11 is 0. The number of aromatic nitrogens is 2. The van der Waals surface area contributed by atoms with Gasteiger partial charge in [0.15, 0.2) is 11.3 Å². The van der Waals surface area contributed by atoms with Gasteiger partial charge in [0.25, 0.3) is 0 Å². The summed E-state index contributed by atoms with van der Waals surface area (Å²) in [6.07, 6.45) is 6.16. The fraction of sp³-hybridized carbons (Fsp3) is 0.0179. The van der Waals surface area contributed by atoms with Crippen molar-refractivity contribution in [3.63, 3.8) is 0 Å². The summed E-state index contributed by atoms with van der Waals surface area (Å²) in [5, 5.41) is 6.17. The first-order chi connectivity index (χ1) is 31.2. The Kier molecular flexibility index (Phi) is 7.83. The molecule has 13 rings (SSSR count). The van der Waals surface area contributed by atoms with Crippen LogP contribution in [0.5, 0.6) is 11.5 Å². The van der Waals surface area contributed by atoms with E-state index in [4.69, 9.17) is 18.6 Å². The lowest BCUT2D eigenvalue weighted by molar-refractivity contribution is 0.477. The van der Waals surface area contributed by atoms with Crippen molar-refractivity contribution in [2.24, 2.45) is 0 Å². The average molecular weight is 813 g/mol. The van der Waals surface area contributed by atoms with Crippen LogP contribution in [0.2, 0.25) is 0 Å². The number of pyridine rings is 1. The maximum atomic E-state index is 7.05. The largest absolute Gasteiger partial charge is 0.456 e. The molecule has 1 aliphatic heterocycles. The molecule has 1 aliphatic rings. The van der Waals surface area contributed by atoms with Crippen LogP contribution in [0.25, 0.3) is 93.8 Å². The van der Waals surface area contributed by atoms with E-state index < -0.39 is 0 Å². The second-order valence-electron chi connectivity index (χ2n) is 16.0. The number of nitrogens with zero attached hydrogens (tertiary/aromatic N) is 4. The molecule has 0 bridgehead atoms. The van der Waals surface area contributed by atoms with Crippen LogP contribution in [-0.4, -0.2) is 16.2 Å². The Morgan fingerprint density at radius 2 is 1.17 bits per heavy atom. The zero-order valence-corrected chi connectivity index (χ0v) is 33.9. The van der Waals surface area contributed by atoms with Crippen molar-refractivity contribution in [1.29, 1.82) is 0 Å². The third-order valence-electron chi connectivity index (χ3n) is 12.3. The van der Waals surface area contributed by atoms with E-state index in [0.717, 1.165) is 88.4 Å². The van der Waals surface area contributed by atoms with Gasteiger partial charge in [0, 0.05) is 74.5 Å². The lowest BCUT2D eigenvalue weighted by Gasteiger charge is -2.26. The molecule has 12 aromatic rings. The Labute approximate surface area is 361 Å². The minimum Gasteiger partial charge on any atom is -0.456 e. The lowest BCUT2D eigenvalue weighted by Crippen LogP contribution is -2.25. The molecular formula is C56H36N4O3. The molecule has 0 spiro atoms. The molecule has 298 valence electrons. The molecule has 0 saturated carbocycles. The highest BCUT2D eigenvalue weighted by atomic mass is 16.5. The number of ether oxygens (including phenoxy) is 1. The molecule has 0 N–H and O–H groups in total. The van der Waals surface area contributed by atoms with Crippen molar-refractivity contribution >= 4 is 77.1 Å². The SMILES string of the molecule is C1=CN(c2c(-c3ccccc3)cccc2-c2ccccc2)CN1c1cc(Oc2ccc3c4ccccc4n(-c4ccccn4)c3c2)c2oc3c(ccc4oc5ccccc5c43)c2c1. The Morgan fingerprint density at radius 3 is 1.97 bits per heavy atom. The highest BCUT2D eigenvalue weighted by Gasteiger charge is 2.26. The molecule has 0 amide bonds. The van der Waals surface area contributed by atoms with Gasteiger partial charge >= 0.3 is 0 Å². The molecule has 0 atom stereocenters. The van der Waals surface area contributed by atoms with Crippen LogP contribution >= 0.6 is 0 Å². The van der Waals surface area contributed by atoms with E-state index in [9.17, 15) is 0 Å². The van der Waals surface area contributed by atoms with E-state index in [2.05, 4.69) is 166 Å². The molecule has 63 heavy (non-hydrogen) atoms. The van der Waals surface area contributed by atoms with Gasteiger partial charge in [-0.2, -0.15) is 0 Å². The topological polar surface area (TPSA) is 59.8 Å². The maximum Gasteiger partial charge on any atom is 0.178 e. The standard InChI is InChI=1S/C56H36N4O3/c1-3-14-36(15-4-1)40-20-13-21-41(37-16-5-2-6-17-37)54(40)59-31-30-58(35-59)38-32-46-44-27-28-50-53(45-19-8-10-23-49(45)62-50)56(44)63-55(46)51(33-38)61-39-25-26-43-42-18-7-9-22-47(42)60(48(43)34-39)52-24-11-12-29-57-52/h1-34H,35H2. The van der Waals surface area contributed by atoms with E-state index >= 15 is 0 Å². The first-order valence-electron chi connectivity index (χ1n) is 21.1. The summed E-state index contributed by atoms with van der Waals surface area (Å²) in [7, 11) is 0. The van der Waals surface area contributed by atoms with Crippen LogP contribution in [0.4, 0.5) is 11.4 Å². The quantitative estimate of drug-likeness (QED) is 0.160. The van der Waals surface area contributed by atoms with Crippen LogP contribution in [0, 0.1) is 0 Å². The number of anilines is 2. The van der Waals surface area contributed by atoms with Crippen LogP contribution in [-0.2, 0) is 0 Å². The van der Waals surface area contributed by atoms with E-state index in [1.165, 1.54) is 11.1 Å². The summed E-state index contributed by atoms with van der Waals surface area (Å²) in [5.74, 6) is 2.14. The predicted octanol–water partition coefficient (Wildman–Crippen LogP) is 14.9. The van der Waals surface area contributed by atoms with E-state index in [1.807, 2.05) is 54.7 Å². The Hall–Kier alpha value is -8.55. The van der Waals surface area contributed by atoms with Crippen LogP contribution in [0.1, 0.15) is 0 Å². The Morgan fingerprint density at radius 1 is 0.476 bits per heavy atom. The molecule has 0 fully saturated rings. The highest BCUT2D eigenvalue weighted by molar-refractivity contribution is 6.22. The van der Waals surface area contributed by atoms with Gasteiger partial charge in [-0.1, -0.05) is 121 Å². The second-order valence-corrected chi connectivity index (χ2v) is 16.0. The number of furan rings is 2. The van der Waals surface area contributed by atoms with Gasteiger partial charge < -0.3 is 23.4 Å². The van der Waals surface area contributed by atoms with Crippen LogP contribution in [0.15, 0.2) is 215 Å². The summed E-state index contributed by atoms with van der Waals surface area (Å²) in [4.78, 5) is 9.37. The number of rotatable bonds is 7. The van der Waals surface area contributed by atoms with E-state index in [-0.39, 0.29) is 0 Å². The molecule has 0 radical (unpaired) electrons. The molecule has 0 aliphatic carbocycles. The molecular weight excluding hydrogens is 777 g/mol. The van der Waals surface area contributed by atoms with Gasteiger partial charge in [-0.3, -0.25) is 4.57 Å². The van der Waals surface area contributed by atoms with Crippen LogP contribution in [0.3, 0.4) is 0 Å². The smallest absolute Gasteiger partial charge is 0.178 e. The Bertz CT molecular complexity index is 3700. The zero-order chi connectivity index (χ0) is 41.4. The fourth-order valence-corrected chi connectivity index (χ4v) is 9.50. The lowest BCUT2D eigenvalue weighted by atomic mass is 9.95. The normalized spacial score (nSPS) is 12.9. The monoisotopic (exact) mass is 812 g/mol. The second kappa shape index (κ2) is 14.0. The number of fused-ring (bicyclic) bond motifs is 10. The first kappa shape index (κ1) is 35.2. The van der Waals surface area contributed by atoms with E-state index in [0.29, 0.717) is 23.8 Å². The van der Waals surface area contributed by atoms with Crippen molar-refractivity contribution in [1.82, 2.24) is 9.55 Å². The minimum atomic E-state index is 0.581. The molecule has 0 unspecified atom stereocenters.